The second-order valence-electron chi connectivity index (χ2n) is 4.10. The number of phenolic OH excluding ortho intramolecular Hbond substituents is 1. The summed E-state index contributed by atoms with van der Waals surface area (Å²) in [4.78, 5) is 9.05. The van der Waals surface area contributed by atoms with Gasteiger partial charge in [-0.15, -0.1) is 0 Å². The Morgan fingerprint density at radius 3 is 2.43 bits per heavy atom. The fourth-order valence-electron chi connectivity index (χ4n) is 1.39. The zero-order chi connectivity index (χ0) is 16.4. The molecule has 11 heteroatoms. The van der Waals surface area contributed by atoms with Crippen molar-refractivity contribution in [3.05, 3.63) is 28.3 Å². The fraction of sp³-hybridized carbons (Fsp3) is 0.400. The number of nitro groups is 1. The summed E-state index contributed by atoms with van der Waals surface area (Å²) in [5.74, 6) is -0.739. The summed E-state index contributed by atoms with van der Waals surface area (Å²) in [5, 5.41) is 19.8. The zero-order valence-electron chi connectivity index (χ0n) is 10.7. The van der Waals surface area contributed by atoms with Crippen LogP contribution >= 0.6 is 0 Å². The predicted octanol–water partition coefficient (Wildman–Crippen LogP) is 1.87. The Labute approximate surface area is 117 Å². The van der Waals surface area contributed by atoms with Gasteiger partial charge in [0, 0.05) is 19.7 Å². The molecular weight excluding hydrogens is 317 g/mol. The second kappa shape index (κ2) is 5.85. The van der Waals surface area contributed by atoms with Crippen LogP contribution in [-0.4, -0.2) is 42.5 Å². The summed E-state index contributed by atoms with van der Waals surface area (Å²) in [7, 11) is -3.39. The van der Waals surface area contributed by atoms with Gasteiger partial charge in [0.2, 0.25) is 10.0 Å². The number of aromatic hydroxyl groups is 1. The predicted molar refractivity (Wildman–Crippen MR) is 65.2 cm³/mol. The lowest BCUT2D eigenvalue weighted by molar-refractivity contribution is -0.386. The van der Waals surface area contributed by atoms with Crippen molar-refractivity contribution in [3.8, 4) is 5.75 Å². The summed E-state index contributed by atoms with van der Waals surface area (Å²) in [6, 6.07) is 2.26. The number of halogens is 3. The van der Waals surface area contributed by atoms with Gasteiger partial charge in [-0.2, -0.15) is 13.2 Å². The van der Waals surface area contributed by atoms with Crippen LogP contribution < -0.4 is 0 Å². The van der Waals surface area contributed by atoms with Crippen molar-refractivity contribution in [2.24, 2.45) is 0 Å². The van der Waals surface area contributed by atoms with E-state index in [4.69, 9.17) is 0 Å². The molecule has 0 aliphatic carbocycles. The standard InChI is InChI=1S/C10H11F3N2O5S/c1-14(5-4-10(11,12)13)21(19,20)7-2-3-9(16)8(6-7)15(17)18/h2-3,6,16H,4-5H2,1H3. The number of nitro benzene ring substituents is 1. The number of sulfonamides is 1. The van der Waals surface area contributed by atoms with E-state index >= 15 is 0 Å². The summed E-state index contributed by atoms with van der Waals surface area (Å²) < 4.78 is 60.7. The Kier molecular flexibility index (Phi) is 4.79. The SMILES string of the molecule is CN(CCC(F)(F)F)S(=O)(=O)c1ccc(O)c([N+](=O)[O-])c1. The van der Waals surface area contributed by atoms with E-state index in [2.05, 4.69) is 0 Å². The maximum Gasteiger partial charge on any atom is 0.390 e. The molecule has 0 fully saturated rings. The Morgan fingerprint density at radius 2 is 1.95 bits per heavy atom. The zero-order valence-corrected chi connectivity index (χ0v) is 11.5. The van der Waals surface area contributed by atoms with Gasteiger partial charge in [-0.3, -0.25) is 10.1 Å². The van der Waals surface area contributed by atoms with Crippen LogP contribution in [0.1, 0.15) is 6.42 Å². The van der Waals surface area contributed by atoms with Crippen LogP contribution in [0.5, 0.6) is 5.75 Å². The molecule has 1 N–H and O–H groups in total. The molecule has 0 unspecified atom stereocenters. The molecule has 0 amide bonds. The highest BCUT2D eigenvalue weighted by atomic mass is 32.2. The quantitative estimate of drug-likeness (QED) is 0.657. The molecule has 0 spiro atoms. The number of nitrogens with zero attached hydrogens (tertiary/aromatic N) is 2. The molecule has 0 saturated carbocycles. The molecule has 0 radical (unpaired) electrons. The Balaban J connectivity index is 3.08. The number of hydrogen-bond acceptors (Lipinski definition) is 5. The number of alkyl halides is 3. The third kappa shape index (κ3) is 4.29. The largest absolute Gasteiger partial charge is 0.502 e. The van der Waals surface area contributed by atoms with Gasteiger partial charge in [0.05, 0.1) is 16.2 Å². The molecular formula is C10H11F3N2O5S. The molecule has 1 aromatic rings. The highest BCUT2D eigenvalue weighted by molar-refractivity contribution is 7.89. The smallest absolute Gasteiger partial charge is 0.390 e. The van der Waals surface area contributed by atoms with E-state index in [0.717, 1.165) is 19.2 Å². The molecule has 0 heterocycles. The average molecular weight is 328 g/mol. The molecule has 0 bridgehead atoms. The van der Waals surface area contributed by atoms with E-state index in [1.54, 1.807) is 0 Å². The molecule has 1 aromatic carbocycles. The molecule has 7 nitrogen and oxygen atoms in total. The minimum absolute atomic E-state index is 0.441. The van der Waals surface area contributed by atoms with Gasteiger partial charge in [-0.05, 0) is 12.1 Å². The van der Waals surface area contributed by atoms with Crippen molar-refractivity contribution >= 4 is 15.7 Å². The van der Waals surface area contributed by atoms with Crippen LogP contribution in [-0.2, 0) is 10.0 Å². The second-order valence-corrected chi connectivity index (χ2v) is 6.14. The first-order valence-electron chi connectivity index (χ1n) is 5.45. The first kappa shape index (κ1) is 17.2. The molecule has 118 valence electrons. The topological polar surface area (TPSA) is 101 Å². The van der Waals surface area contributed by atoms with Crippen molar-refractivity contribution in [1.82, 2.24) is 4.31 Å². The van der Waals surface area contributed by atoms with Crippen molar-refractivity contribution in [3.63, 3.8) is 0 Å². The van der Waals surface area contributed by atoms with Crippen LogP contribution in [0, 0.1) is 10.1 Å². The maximum absolute atomic E-state index is 12.1. The lowest BCUT2D eigenvalue weighted by Crippen LogP contribution is -2.30. The highest BCUT2D eigenvalue weighted by Gasteiger charge is 2.31. The Hall–Kier alpha value is -1.88. The third-order valence-corrected chi connectivity index (χ3v) is 4.41. The van der Waals surface area contributed by atoms with Crippen LogP contribution in [0.25, 0.3) is 0 Å². The Bertz CT molecular complexity index is 645. The minimum atomic E-state index is -4.52. The summed E-state index contributed by atoms with van der Waals surface area (Å²) in [6.07, 6.45) is -5.87. The molecule has 0 aliphatic heterocycles. The molecule has 0 atom stereocenters. The minimum Gasteiger partial charge on any atom is -0.502 e. The van der Waals surface area contributed by atoms with Crippen LogP contribution in [0.4, 0.5) is 18.9 Å². The Morgan fingerprint density at radius 1 is 1.38 bits per heavy atom. The molecule has 0 saturated heterocycles. The van der Waals surface area contributed by atoms with E-state index in [0.29, 0.717) is 10.4 Å². The highest BCUT2D eigenvalue weighted by Crippen LogP contribution is 2.29. The van der Waals surface area contributed by atoms with Gasteiger partial charge < -0.3 is 5.11 Å². The van der Waals surface area contributed by atoms with Gasteiger partial charge in [-0.25, -0.2) is 12.7 Å². The normalized spacial score (nSPS) is 12.6. The van der Waals surface area contributed by atoms with E-state index < -0.39 is 50.4 Å². The lowest BCUT2D eigenvalue weighted by atomic mass is 10.3. The van der Waals surface area contributed by atoms with Gasteiger partial charge in [0.25, 0.3) is 0 Å². The van der Waals surface area contributed by atoms with Gasteiger partial charge in [0.1, 0.15) is 0 Å². The lowest BCUT2D eigenvalue weighted by Gasteiger charge is -2.18. The number of rotatable bonds is 5. The van der Waals surface area contributed by atoms with Crippen molar-refractivity contribution in [2.75, 3.05) is 13.6 Å². The van der Waals surface area contributed by atoms with Crippen LogP contribution in [0.3, 0.4) is 0 Å². The summed E-state index contributed by atoms with van der Waals surface area (Å²) in [6.45, 7) is -0.819. The number of benzene rings is 1. The van der Waals surface area contributed by atoms with Crippen LogP contribution in [0.2, 0.25) is 0 Å². The molecule has 0 aliphatic rings. The van der Waals surface area contributed by atoms with E-state index in [1.165, 1.54) is 0 Å². The van der Waals surface area contributed by atoms with Crippen molar-refractivity contribution < 1.29 is 31.6 Å². The molecule has 21 heavy (non-hydrogen) atoms. The molecule has 0 aromatic heterocycles. The monoisotopic (exact) mass is 328 g/mol. The number of phenols is 1. The average Bonchev–Trinajstić information content (AvgIpc) is 2.34. The molecule has 1 rings (SSSR count). The summed E-state index contributed by atoms with van der Waals surface area (Å²) in [5.41, 5.74) is -0.847. The van der Waals surface area contributed by atoms with E-state index in [-0.39, 0.29) is 0 Å². The van der Waals surface area contributed by atoms with Gasteiger partial charge in [0.15, 0.2) is 5.75 Å². The first-order chi connectivity index (χ1) is 9.45. The van der Waals surface area contributed by atoms with Crippen molar-refractivity contribution in [2.45, 2.75) is 17.5 Å². The van der Waals surface area contributed by atoms with Gasteiger partial charge in [-0.1, -0.05) is 0 Å². The van der Waals surface area contributed by atoms with E-state index in [9.17, 15) is 36.8 Å². The van der Waals surface area contributed by atoms with E-state index in [1.807, 2.05) is 0 Å². The fourth-order valence-corrected chi connectivity index (χ4v) is 2.59. The number of hydrogen-bond donors (Lipinski definition) is 1. The maximum atomic E-state index is 12.1. The van der Waals surface area contributed by atoms with Gasteiger partial charge >= 0.3 is 11.9 Å². The van der Waals surface area contributed by atoms with Crippen molar-refractivity contribution in [1.29, 1.82) is 0 Å². The first-order valence-corrected chi connectivity index (χ1v) is 6.89. The third-order valence-electron chi connectivity index (χ3n) is 2.56. The summed E-state index contributed by atoms with van der Waals surface area (Å²) >= 11 is 0. The van der Waals surface area contributed by atoms with Crippen LogP contribution in [0.15, 0.2) is 23.1 Å².